The molecular formula is C20H16ClN3O3S2. The van der Waals surface area contributed by atoms with Crippen LogP contribution in [0.5, 0.6) is 11.5 Å². The van der Waals surface area contributed by atoms with Gasteiger partial charge < -0.3 is 13.9 Å². The van der Waals surface area contributed by atoms with E-state index >= 15 is 0 Å². The molecular weight excluding hydrogens is 430 g/mol. The standard InChI is InChI=1S/C20H16ClN3O3S2/c1-25-15-7-8-16(17(9-15)26-2)19-22-14(10-28-19)11-29-20-24-23-18(27-20)12-3-5-13(21)6-4-12/h3-10H,11H2,1-2H3. The van der Waals surface area contributed by atoms with E-state index in [0.717, 1.165) is 33.3 Å². The predicted octanol–water partition coefficient (Wildman–Crippen LogP) is 5.82. The molecule has 148 valence electrons. The number of rotatable bonds is 7. The fraction of sp³-hybridized carbons (Fsp3) is 0.150. The van der Waals surface area contributed by atoms with Crippen molar-refractivity contribution in [1.29, 1.82) is 0 Å². The van der Waals surface area contributed by atoms with Crippen molar-refractivity contribution in [2.24, 2.45) is 0 Å². The quantitative estimate of drug-likeness (QED) is 0.332. The SMILES string of the molecule is COc1ccc(-c2nc(CSc3nnc(-c4ccc(Cl)cc4)o3)cs2)c(OC)c1. The number of halogens is 1. The van der Waals surface area contributed by atoms with E-state index in [2.05, 4.69) is 10.2 Å². The van der Waals surface area contributed by atoms with Gasteiger partial charge in [-0.25, -0.2) is 4.98 Å². The van der Waals surface area contributed by atoms with Crippen molar-refractivity contribution in [3.8, 4) is 33.5 Å². The van der Waals surface area contributed by atoms with Crippen molar-refractivity contribution in [3.63, 3.8) is 0 Å². The Morgan fingerprint density at radius 2 is 1.90 bits per heavy atom. The van der Waals surface area contributed by atoms with E-state index in [4.69, 9.17) is 30.5 Å². The molecule has 0 saturated heterocycles. The number of ether oxygens (including phenoxy) is 2. The molecule has 0 amide bonds. The Morgan fingerprint density at radius 3 is 2.66 bits per heavy atom. The Hall–Kier alpha value is -2.55. The van der Waals surface area contributed by atoms with Gasteiger partial charge in [-0.05, 0) is 36.4 Å². The number of hydrogen-bond donors (Lipinski definition) is 0. The van der Waals surface area contributed by atoms with Crippen LogP contribution in [0.3, 0.4) is 0 Å². The zero-order valence-electron chi connectivity index (χ0n) is 15.6. The summed E-state index contributed by atoms with van der Waals surface area (Å²) in [6.45, 7) is 0. The van der Waals surface area contributed by atoms with E-state index in [-0.39, 0.29) is 0 Å². The molecule has 2 aromatic carbocycles. The normalized spacial score (nSPS) is 10.9. The Morgan fingerprint density at radius 1 is 1.07 bits per heavy atom. The third-order valence-electron chi connectivity index (χ3n) is 4.03. The molecule has 2 aromatic heterocycles. The zero-order valence-corrected chi connectivity index (χ0v) is 18.0. The molecule has 0 radical (unpaired) electrons. The highest BCUT2D eigenvalue weighted by molar-refractivity contribution is 7.98. The molecule has 2 heterocycles. The molecule has 29 heavy (non-hydrogen) atoms. The van der Waals surface area contributed by atoms with Crippen molar-refractivity contribution in [2.45, 2.75) is 11.0 Å². The molecule has 0 aliphatic carbocycles. The predicted molar refractivity (Wildman–Crippen MR) is 115 cm³/mol. The number of thiazole rings is 1. The van der Waals surface area contributed by atoms with Gasteiger partial charge in [-0.3, -0.25) is 0 Å². The molecule has 4 aromatic rings. The molecule has 9 heteroatoms. The van der Waals surface area contributed by atoms with Gasteiger partial charge in [-0.1, -0.05) is 23.4 Å². The molecule has 0 atom stereocenters. The summed E-state index contributed by atoms with van der Waals surface area (Å²) < 4.78 is 16.4. The molecule has 0 N–H and O–H groups in total. The van der Waals surface area contributed by atoms with Gasteiger partial charge in [0.2, 0.25) is 5.89 Å². The molecule has 0 bridgehead atoms. The highest BCUT2D eigenvalue weighted by Crippen LogP contribution is 2.36. The minimum atomic E-state index is 0.464. The smallest absolute Gasteiger partial charge is 0.277 e. The van der Waals surface area contributed by atoms with Crippen LogP contribution in [0.25, 0.3) is 22.0 Å². The molecule has 6 nitrogen and oxygen atoms in total. The van der Waals surface area contributed by atoms with Crippen molar-refractivity contribution >= 4 is 34.7 Å². The lowest BCUT2D eigenvalue weighted by Crippen LogP contribution is -1.90. The van der Waals surface area contributed by atoms with Gasteiger partial charge in [0, 0.05) is 27.8 Å². The van der Waals surface area contributed by atoms with Gasteiger partial charge >= 0.3 is 0 Å². The minimum absolute atomic E-state index is 0.464. The van der Waals surface area contributed by atoms with Crippen molar-refractivity contribution < 1.29 is 13.9 Å². The fourth-order valence-corrected chi connectivity index (χ4v) is 4.32. The molecule has 0 saturated carbocycles. The first-order chi connectivity index (χ1) is 14.2. The number of nitrogens with zero attached hydrogens (tertiary/aromatic N) is 3. The van der Waals surface area contributed by atoms with E-state index in [9.17, 15) is 0 Å². The summed E-state index contributed by atoms with van der Waals surface area (Å²) in [6.07, 6.45) is 0. The zero-order chi connectivity index (χ0) is 20.2. The Bertz CT molecular complexity index is 1110. The van der Waals surface area contributed by atoms with Crippen molar-refractivity contribution in [3.05, 3.63) is 58.6 Å². The van der Waals surface area contributed by atoms with Crippen LogP contribution in [0.4, 0.5) is 0 Å². The molecule has 4 rings (SSSR count). The summed E-state index contributed by atoms with van der Waals surface area (Å²) >= 11 is 8.91. The number of benzene rings is 2. The lowest BCUT2D eigenvalue weighted by atomic mass is 10.2. The summed E-state index contributed by atoms with van der Waals surface area (Å²) in [5.41, 5.74) is 2.69. The highest BCUT2D eigenvalue weighted by atomic mass is 35.5. The summed E-state index contributed by atoms with van der Waals surface area (Å²) in [6, 6.07) is 13.0. The maximum absolute atomic E-state index is 5.91. The van der Waals surface area contributed by atoms with E-state index in [1.54, 1.807) is 37.7 Å². The largest absolute Gasteiger partial charge is 0.497 e. The molecule has 0 spiro atoms. The lowest BCUT2D eigenvalue weighted by Gasteiger charge is -2.08. The molecule has 0 aliphatic heterocycles. The Balaban J connectivity index is 1.45. The summed E-state index contributed by atoms with van der Waals surface area (Å²) in [5, 5.41) is 12.2. The van der Waals surface area contributed by atoms with Crippen LogP contribution in [0.15, 0.2) is 57.5 Å². The van der Waals surface area contributed by atoms with Crippen LogP contribution in [0.1, 0.15) is 5.69 Å². The van der Waals surface area contributed by atoms with Crippen LogP contribution in [0, 0.1) is 0 Å². The van der Waals surface area contributed by atoms with Crippen molar-refractivity contribution in [2.75, 3.05) is 14.2 Å². The van der Waals surface area contributed by atoms with Crippen LogP contribution in [-0.4, -0.2) is 29.4 Å². The maximum Gasteiger partial charge on any atom is 0.277 e. The second-order valence-corrected chi connectivity index (χ2v) is 8.10. The Labute approximate surface area is 180 Å². The van der Waals surface area contributed by atoms with Gasteiger partial charge in [-0.15, -0.1) is 21.5 Å². The van der Waals surface area contributed by atoms with Gasteiger partial charge in [0.1, 0.15) is 16.5 Å². The van der Waals surface area contributed by atoms with Crippen LogP contribution in [0.2, 0.25) is 5.02 Å². The molecule has 0 aliphatic rings. The van der Waals surface area contributed by atoms with Crippen molar-refractivity contribution in [1.82, 2.24) is 15.2 Å². The first kappa shape index (κ1) is 19.8. The fourth-order valence-electron chi connectivity index (χ4n) is 2.59. The first-order valence-corrected chi connectivity index (χ1v) is 10.8. The maximum atomic E-state index is 5.91. The first-order valence-electron chi connectivity index (χ1n) is 8.55. The number of thioether (sulfide) groups is 1. The van der Waals surface area contributed by atoms with E-state index in [1.165, 1.54) is 11.8 Å². The van der Waals surface area contributed by atoms with Gasteiger partial charge in [0.25, 0.3) is 5.22 Å². The Kier molecular flexibility index (Phi) is 6.03. The molecule has 0 unspecified atom stereocenters. The second-order valence-electron chi connectivity index (χ2n) is 5.88. The number of aromatic nitrogens is 3. The van der Waals surface area contributed by atoms with Crippen LogP contribution >= 0.6 is 34.7 Å². The third kappa shape index (κ3) is 4.55. The van der Waals surface area contributed by atoms with E-state index in [1.807, 2.05) is 35.7 Å². The number of hydrogen-bond acceptors (Lipinski definition) is 8. The van der Waals surface area contributed by atoms with Gasteiger partial charge in [0.15, 0.2) is 0 Å². The summed E-state index contributed by atoms with van der Waals surface area (Å²) in [7, 11) is 3.26. The lowest BCUT2D eigenvalue weighted by molar-refractivity contribution is 0.395. The molecule has 0 fully saturated rings. The average Bonchev–Trinajstić information content (AvgIpc) is 3.42. The van der Waals surface area contributed by atoms with E-state index in [0.29, 0.717) is 21.9 Å². The minimum Gasteiger partial charge on any atom is -0.497 e. The van der Waals surface area contributed by atoms with Crippen LogP contribution < -0.4 is 9.47 Å². The van der Waals surface area contributed by atoms with Gasteiger partial charge in [0.05, 0.1) is 25.5 Å². The summed E-state index contributed by atoms with van der Waals surface area (Å²) in [4.78, 5) is 4.71. The van der Waals surface area contributed by atoms with E-state index < -0.39 is 0 Å². The summed E-state index contributed by atoms with van der Waals surface area (Å²) in [5.74, 6) is 2.55. The third-order valence-corrected chi connectivity index (χ3v) is 6.06. The average molecular weight is 446 g/mol. The second kappa shape index (κ2) is 8.86. The highest BCUT2D eigenvalue weighted by Gasteiger charge is 2.14. The monoisotopic (exact) mass is 445 g/mol. The van der Waals surface area contributed by atoms with Gasteiger partial charge in [-0.2, -0.15) is 0 Å². The topological polar surface area (TPSA) is 70.3 Å². The number of methoxy groups -OCH3 is 2. The van der Waals surface area contributed by atoms with Crippen LogP contribution in [-0.2, 0) is 5.75 Å².